The van der Waals surface area contributed by atoms with Crippen molar-refractivity contribution in [1.82, 2.24) is 9.97 Å². The van der Waals surface area contributed by atoms with E-state index in [1.54, 1.807) is 0 Å². The molecule has 0 amide bonds. The van der Waals surface area contributed by atoms with E-state index >= 15 is 0 Å². The van der Waals surface area contributed by atoms with Crippen molar-refractivity contribution in [2.75, 3.05) is 5.32 Å². The van der Waals surface area contributed by atoms with Crippen LogP contribution in [-0.4, -0.2) is 9.97 Å². The summed E-state index contributed by atoms with van der Waals surface area (Å²) in [6, 6.07) is 21.7. The topological polar surface area (TPSA) is 37.8 Å². The SMILES string of the molecule is Fc1ccc(F)c(Nc2ncnc3scc(-c4ccc(-c5ccccc5)cc4)c23)c1. The number of anilines is 2. The van der Waals surface area contributed by atoms with Gasteiger partial charge in [-0.05, 0) is 28.8 Å². The second-order valence-corrected chi connectivity index (χ2v) is 7.60. The van der Waals surface area contributed by atoms with Gasteiger partial charge in [0.05, 0.1) is 11.1 Å². The summed E-state index contributed by atoms with van der Waals surface area (Å²) >= 11 is 1.48. The highest BCUT2D eigenvalue weighted by Crippen LogP contribution is 2.38. The van der Waals surface area contributed by atoms with Crippen molar-refractivity contribution in [3.8, 4) is 22.3 Å². The van der Waals surface area contributed by atoms with Crippen LogP contribution in [0.15, 0.2) is 84.5 Å². The Labute approximate surface area is 175 Å². The van der Waals surface area contributed by atoms with Crippen molar-refractivity contribution >= 4 is 33.1 Å². The van der Waals surface area contributed by atoms with E-state index in [2.05, 4.69) is 39.6 Å². The minimum absolute atomic E-state index is 0.0339. The molecule has 0 radical (unpaired) electrons. The molecule has 0 spiro atoms. The molecule has 2 heterocycles. The van der Waals surface area contributed by atoms with Gasteiger partial charge in [0.25, 0.3) is 0 Å². The first-order chi connectivity index (χ1) is 14.7. The average Bonchev–Trinajstić information content (AvgIpc) is 3.22. The van der Waals surface area contributed by atoms with Crippen LogP contribution in [0.1, 0.15) is 0 Å². The minimum Gasteiger partial charge on any atom is -0.337 e. The van der Waals surface area contributed by atoms with Gasteiger partial charge in [0.2, 0.25) is 0 Å². The number of fused-ring (bicyclic) bond motifs is 1. The first-order valence-corrected chi connectivity index (χ1v) is 10.2. The zero-order valence-corrected chi connectivity index (χ0v) is 16.5. The lowest BCUT2D eigenvalue weighted by Gasteiger charge is -2.10. The van der Waals surface area contributed by atoms with Crippen LogP contribution in [0.3, 0.4) is 0 Å². The normalized spacial score (nSPS) is 11.0. The van der Waals surface area contributed by atoms with E-state index in [4.69, 9.17) is 0 Å². The molecule has 6 heteroatoms. The number of rotatable bonds is 4. The van der Waals surface area contributed by atoms with Crippen LogP contribution in [0.5, 0.6) is 0 Å². The van der Waals surface area contributed by atoms with Crippen LogP contribution in [0.4, 0.5) is 20.3 Å². The summed E-state index contributed by atoms with van der Waals surface area (Å²) in [6.07, 6.45) is 1.42. The van der Waals surface area contributed by atoms with Crippen LogP contribution in [0, 0.1) is 11.6 Å². The van der Waals surface area contributed by atoms with E-state index in [9.17, 15) is 8.78 Å². The second-order valence-electron chi connectivity index (χ2n) is 6.74. The number of nitrogens with one attached hydrogen (secondary N) is 1. The molecule has 3 nitrogen and oxygen atoms in total. The monoisotopic (exact) mass is 415 g/mol. The molecule has 3 aromatic carbocycles. The van der Waals surface area contributed by atoms with Gasteiger partial charge in [-0.1, -0.05) is 54.6 Å². The quantitative estimate of drug-likeness (QED) is 0.342. The lowest BCUT2D eigenvalue weighted by molar-refractivity contribution is 0.603. The maximum absolute atomic E-state index is 14.1. The molecular weight excluding hydrogens is 400 g/mol. The molecule has 0 bridgehead atoms. The predicted molar refractivity (Wildman–Crippen MR) is 118 cm³/mol. The lowest BCUT2D eigenvalue weighted by Crippen LogP contribution is -1.98. The standard InChI is InChI=1S/C24H15F2N3S/c25-18-10-11-20(26)21(12-18)29-23-22-19(13-30-24(22)28-14-27-23)17-8-6-16(7-9-17)15-4-2-1-3-5-15/h1-14H,(H,27,28,29). The molecule has 146 valence electrons. The Hall–Kier alpha value is -3.64. The number of aromatic nitrogens is 2. The van der Waals surface area contributed by atoms with Gasteiger partial charge in [0.15, 0.2) is 0 Å². The molecule has 5 aromatic rings. The summed E-state index contributed by atoms with van der Waals surface area (Å²) in [5.74, 6) is -0.633. The fourth-order valence-electron chi connectivity index (χ4n) is 3.38. The van der Waals surface area contributed by atoms with Crippen molar-refractivity contribution in [1.29, 1.82) is 0 Å². The highest BCUT2D eigenvalue weighted by atomic mass is 32.1. The smallest absolute Gasteiger partial charge is 0.146 e. The predicted octanol–water partition coefficient (Wildman–Crippen LogP) is 7.05. The third kappa shape index (κ3) is 3.42. The van der Waals surface area contributed by atoms with Crippen molar-refractivity contribution in [2.45, 2.75) is 0 Å². The van der Waals surface area contributed by atoms with Gasteiger partial charge in [-0.25, -0.2) is 18.7 Å². The summed E-state index contributed by atoms with van der Waals surface area (Å²) in [5.41, 5.74) is 4.24. The Morgan fingerprint density at radius 1 is 0.767 bits per heavy atom. The molecule has 0 aliphatic heterocycles. The van der Waals surface area contributed by atoms with Crippen molar-refractivity contribution < 1.29 is 8.78 Å². The highest BCUT2D eigenvalue weighted by molar-refractivity contribution is 7.17. The summed E-state index contributed by atoms with van der Waals surface area (Å²) in [7, 11) is 0. The van der Waals surface area contributed by atoms with Crippen LogP contribution in [0.25, 0.3) is 32.5 Å². The van der Waals surface area contributed by atoms with E-state index in [0.717, 1.165) is 50.7 Å². The van der Waals surface area contributed by atoms with Crippen molar-refractivity contribution in [3.63, 3.8) is 0 Å². The molecular formula is C24H15F2N3S. The Balaban J connectivity index is 1.57. The average molecular weight is 415 g/mol. The summed E-state index contributed by atoms with van der Waals surface area (Å²) < 4.78 is 27.7. The Kier molecular flexibility index (Phi) is 4.69. The highest BCUT2D eigenvalue weighted by Gasteiger charge is 2.15. The first kappa shape index (κ1) is 18.4. The first-order valence-electron chi connectivity index (χ1n) is 9.29. The maximum Gasteiger partial charge on any atom is 0.146 e. The number of thiophene rings is 1. The molecule has 0 fully saturated rings. The third-order valence-electron chi connectivity index (χ3n) is 4.85. The number of benzene rings is 3. The Bertz CT molecular complexity index is 1330. The van der Waals surface area contributed by atoms with E-state index in [1.807, 2.05) is 35.7 Å². The van der Waals surface area contributed by atoms with Gasteiger partial charge in [-0.3, -0.25) is 0 Å². The van der Waals surface area contributed by atoms with E-state index in [-0.39, 0.29) is 5.69 Å². The van der Waals surface area contributed by atoms with Gasteiger partial charge in [-0.15, -0.1) is 11.3 Å². The van der Waals surface area contributed by atoms with Gasteiger partial charge in [0.1, 0.15) is 28.6 Å². The molecule has 0 saturated heterocycles. The number of hydrogen-bond donors (Lipinski definition) is 1. The Morgan fingerprint density at radius 3 is 2.30 bits per heavy atom. The van der Waals surface area contributed by atoms with Crippen molar-refractivity contribution in [3.05, 3.63) is 96.1 Å². The molecule has 2 aromatic heterocycles. The number of nitrogens with zero attached hydrogens (tertiary/aromatic N) is 2. The van der Waals surface area contributed by atoms with Crippen molar-refractivity contribution in [2.24, 2.45) is 0 Å². The molecule has 0 aliphatic carbocycles. The van der Waals surface area contributed by atoms with E-state index in [1.165, 1.54) is 17.7 Å². The second kappa shape index (κ2) is 7.65. The zero-order chi connectivity index (χ0) is 20.5. The summed E-state index contributed by atoms with van der Waals surface area (Å²) in [6.45, 7) is 0. The minimum atomic E-state index is -0.549. The fourth-order valence-corrected chi connectivity index (χ4v) is 4.29. The van der Waals surface area contributed by atoms with E-state index < -0.39 is 11.6 Å². The Morgan fingerprint density at radius 2 is 1.50 bits per heavy atom. The molecule has 0 aliphatic rings. The molecule has 30 heavy (non-hydrogen) atoms. The largest absolute Gasteiger partial charge is 0.337 e. The number of hydrogen-bond acceptors (Lipinski definition) is 4. The molecule has 5 rings (SSSR count). The maximum atomic E-state index is 14.1. The van der Waals surface area contributed by atoms with Crippen LogP contribution in [0.2, 0.25) is 0 Å². The van der Waals surface area contributed by atoms with Crippen LogP contribution < -0.4 is 5.32 Å². The molecule has 0 unspecified atom stereocenters. The van der Waals surface area contributed by atoms with Crippen LogP contribution >= 0.6 is 11.3 Å². The lowest BCUT2D eigenvalue weighted by atomic mass is 10.0. The fraction of sp³-hybridized carbons (Fsp3) is 0. The summed E-state index contributed by atoms with van der Waals surface area (Å²) in [4.78, 5) is 9.40. The van der Waals surface area contributed by atoms with Gasteiger partial charge in [-0.2, -0.15) is 0 Å². The van der Waals surface area contributed by atoms with Gasteiger partial charge < -0.3 is 5.32 Å². The van der Waals surface area contributed by atoms with E-state index in [0.29, 0.717) is 5.82 Å². The number of halogens is 2. The molecule has 0 atom stereocenters. The molecule has 1 N–H and O–H groups in total. The summed E-state index contributed by atoms with van der Waals surface area (Å²) in [5, 5.41) is 5.71. The van der Waals surface area contributed by atoms with Crippen LogP contribution in [-0.2, 0) is 0 Å². The van der Waals surface area contributed by atoms with Gasteiger partial charge >= 0.3 is 0 Å². The zero-order valence-electron chi connectivity index (χ0n) is 15.6. The van der Waals surface area contributed by atoms with Gasteiger partial charge in [0, 0.05) is 17.0 Å². The third-order valence-corrected chi connectivity index (χ3v) is 5.74. The molecule has 0 saturated carbocycles.